The van der Waals surface area contributed by atoms with E-state index in [1.807, 2.05) is 6.07 Å². The predicted molar refractivity (Wildman–Crippen MR) is 76.7 cm³/mol. The number of hydrogen-bond acceptors (Lipinski definition) is 4. The molecule has 2 rings (SSSR count). The minimum absolute atomic E-state index is 0.378. The fourth-order valence-electron chi connectivity index (χ4n) is 2.23. The third kappa shape index (κ3) is 2.29. The lowest BCUT2D eigenvalue weighted by Gasteiger charge is -2.35. The zero-order chi connectivity index (χ0) is 13.3. The molecule has 4 nitrogen and oxygen atoms in total. The Morgan fingerprint density at radius 2 is 2.22 bits per heavy atom. The van der Waals surface area contributed by atoms with Crippen LogP contribution in [-0.2, 0) is 9.84 Å². The van der Waals surface area contributed by atoms with Crippen LogP contribution < -0.4 is 10.6 Å². The van der Waals surface area contributed by atoms with Gasteiger partial charge in [0.2, 0.25) is 0 Å². The number of rotatable bonds is 3. The molecule has 0 saturated carbocycles. The molecule has 1 aromatic carbocycles. The lowest BCUT2D eigenvalue weighted by Crippen LogP contribution is -2.42. The molecular formula is C12H17BrN2O2S. The van der Waals surface area contributed by atoms with E-state index >= 15 is 0 Å². The van der Waals surface area contributed by atoms with E-state index in [0.29, 0.717) is 18.0 Å². The molecule has 0 fully saturated rings. The summed E-state index contributed by atoms with van der Waals surface area (Å²) >= 11 is 3.45. The summed E-state index contributed by atoms with van der Waals surface area (Å²) in [6, 6.07) is 5.32. The normalized spacial score (nSPS) is 21.7. The predicted octanol–water partition coefficient (Wildman–Crippen LogP) is 1.78. The Hall–Kier alpha value is -0.590. The molecule has 0 spiro atoms. The zero-order valence-corrected chi connectivity index (χ0v) is 12.7. The Bertz CT molecular complexity index is 545. The summed E-state index contributed by atoms with van der Waals surface area (Å²) in [5.74, 6) is 0. The number of nitrogens with zero attached hydrogens (tertiary/aromatic N) is 1. The van der Waals surface area contributed by atoms with Gasteiger partial charge in [-0.05, 0) is 48.0 Å². The van der Waals surface area contributed by atoms with Crippen LogP contribution >= 0.6 is 15.9 Å². The first-order valence-corrected chi connectivity index (χ1v) is 8.30. The van der Waals surface area contributed by atoms with Crippen LogP contribution in [0.15, 0.2) is 27.6 Å². The molecule has 0 saturated heterocycles. The minimum atomic E-state index is -3.20. The molecule has 1 aliphatic rings. The maximum absolute atomic E-state index is 12.3. The van der Waals surface area contributed by atoms with Crippen LogP contribution in [-0.4, -0.2) is 33.3 Å². The van der Waals surface area contributed by atoms with Gasteiger partial charge in [-0.2, -0.15) is 0 Å². The molecule has 1 aromatic rings. The SMILES string of the molecule is CC1CN(CCCN)c2c(Br)cccc2S1(=O)=O. The Kier molecular flexibility index (Phi) is 3.99. The van der Waals surface area contributed by atoms with Gasteiger partial charge in [0.1, 0.15) is 0 Å². The van der Waals surface area contributed by atoms with Crippen molar-refractivity contribution < 1.29 is 8.42 Å². The van der Waals surface area contributed by atoms with Gasteiger partial charge in [-0.3, -0.25) is 0 Å². The highest BCUT2D eigenvalue weighted by Crippen LogP contribution is 2.38. The average molecular weight is 333 g/mol. The molecule has 100 valence electrons. The zero-order valence-electron chi connectivity index (χ0n) is 10.3. The van der Waals surface area contributed by atoms with E-state index in [0.717, 1.165) is 23.1 Å². The topological polar surface area (TPSA) is 63.4 Å². The van der Waals surface area contributed by atoms with E-state index in [2.05, 4.69) is 20.8 Å². The maximum Gasteiger partial charge on any atom is 0.184 e. The number of fused-ring (bicyclic) bond motifs is 1. The number of para-hydroxylation sites is 1. The van der Waals surface area contributed by atoms with Crippen LogP contribution in [0.3, 0.4) is 0 Å². The fraction of sp³-hybridized carbons (Fsp3) is 0.500. The van der Waals surface area contributed by atoms with E-state index in [-0.39, 0.29) is 5.25 Å². The molecule has 1 aliphatic heterocycles. The molecule has 0 aliphatic carbocycles. The summed E-state index contributed by atoms with van der Waals surface area (Å²) in [7, 11) is -3.20. The van der Waals surface area contributed by atoms with Crippen LogP contribution in [0.2, 0.25) is 0 Å². The first-order chi connectivity index (χ1) is 8.48. The van der Waals surface area contributed by atoms with Crippen LogP contribution in [0.4, 0.5) is 5.69 Å². The molecule has 1 unspecified atom stereocenters. The van der Waals surface area contributed by atoms with Crippen molar-refractivity contribution in [2.75, 3.05) is 24.5 Å². The molecule has 2 N–H and O–H groups in total. The number of hydrogen-bond donors (Lipinski definition) is 1. The summed E-state index contributed by atoms with van der Waals surface area (Å²) in [6.07, 6.45) is 0.855. The van der Waals surface area contributed by atoms with Crippen LogP contribution in [0.1, 0.15) is 13.3 Å². The number of sulfone groups is 1. The first kappa shape index (κ1) is 13.8. The van der Waals surface area contributed by atoms with Crippen molar-refractivity contribution in [3.05, 3.63) is 22.7 Å². The van der Waals surface area contributed by atoms with Crippen molar-refractivity contribution >= 4 is 31.5 Å². The van der Waals surface area contributed by atoms with Gasteiger partial charge in [-0.1, -0.05) is 6.07 Å². The van der Waals surface area contributed by atoms with E-state index in [1.165, 1.54) is 0 Å². The van der Waals surface area contributed by atoms with Gasteiger partial charge >= 0.3 is 0 Å². The molecular weight excluding hydrogens is 316 g/mol. The molecule has 18 heavy (non-hydrogen) atoms. The van der Waals surface area contributed by atoms with E-state index in [1.54, 1.807) is 19.1 Å². The van der Waals surface area contributed by atoms with Crippen LogP contribution in [0.25, 0.3) is 0 Å². The number of benzene rings is 1. The van der Waals surface area contributed by atoms with Gasteiger partial charge in [-0.15, -0.1) is 0 Å². The van der Waals surface area contributed by atoms with E-state index < -0.39 is 9.84 Å². The summed E-state index contributed by atoms with van der Waals surface area (Å²) in [5, 5.41) is -0.378. The summed E-state index contributed by atoms with van der Waals surface area (Å²) in [4.78, 5) is 2.53. The average Bonchev–Trinajstić information content (AvgIpc) is 2.32. The van der Waals surface area contributed by atoms with Gasteiger partial charge in [0, 0.05) is 17.6 Å². The molecule has 6 heteroatoms. The molecule has 0 amide bonds. The van der Waals surface area contributed by atoms with Gasteiger partial charge in [0.25, 0.3) is 0 Å². The van der Waals surface area contributed by atoms with Gasteiger partial charge < -0.3 is 10.6 Å². The Morgan fingerprint density at radius 1 is 1.50 bits per heavy atom. The molecule has 1 atom stereocenters. The van der Waals surface area contributed by atoms with Gasteiger partial charge in [-0.25, -0.2) is 8.42 Å². The van der Waals surface area contributed by atoms with Crippen molar-refractivity contribution in [2.24, 2.45) is 5.73 Å². The highest BCUT2D eigenvalue weighted by Gasteiger charge is 2.35. The Morgan fingerprint density at radius 3 is 2.89 bits per heavy atom. The number of nitrogens with two attached hydrogens (primary N) is 1. The van der Waals surface area contributed by atoms with Crippen molar-refractivity contribution in [2.45, 2.75) is 23.5 Å². The highest BCUT2D eigenvalue weighted by atomic mass is 79.9. The minimum Gasteiger partial charge on any atom is -0.368 e. The highest BCUT2D eigenvalue weighted by molar-refractivity contribution is 9.10. The molecule has 0 aromatic heterocycles. The Balaban J connectivity index is 2.52. The van der Waals surface area contributed by atoms with Gasteiger partial charge in [0.05, 0.1) is 15.8 Å². The molecule has 1 heterocycles. The van der Waals surface area contributed by atoms with Crippen molar-refractivity contribution in [1.29, 1.82) is 0 Å². The van der Waals surface area contributed by atoms with Crippen LogP contribution in [0.5, 0.6) is 0 Å². The van der Waals surface area contributed by atoms with Crippen molar-refractivity contribution in [3.8, 4) is 0 Å². The largest absolute Gasteiger partial charge is 0.368 e. The molecule has 0 radical (unpaired) electrons. The Labute approximate surface area is 116 Å². The summed E-state index contributed by atoms with van der Waals surface area (Å²) in [6.45, 7) is 3.68. The summed E-state index contributed by atoms with van der Waals surface area (Å²) < 4.78 is 25.4. The summed E-state index contributed by atoms with van der Waals surface area (Å²) in [5.41, 5.74) is 6.32. The quantitative estimate of drug-likeness (QED) is 0.916. The second-order valence-corrected chi connectivity index (χ2v) is 7.72. The monoisotopic (exact) mass is 332 g/mol. The van der Waals surface area contributed by atoms with Gasteiger partial charge in [0.15, 0.2) is 9.84 Å². The lowest BCUT2D eigenvalue weighted by molar-refractivity contribution is 0.571. The molecule has 0 bridgehead atoms. The third-order valence-corrected chi connectivity index (χ3v) is 6.00. The lowest BCUT2D eigenvalue weighted by atomic mass is 10.2. The van der Waals surface area contributed by atoms with E-state index in [4.69, 9.17) is 5.73 Å². The second kappa shape index (κ2) is 5.19. The number of halogens is 1. The first-order valence-electron chi connectivity index (χ1n) is 5.96. The third-order valence-electron chi connectivity index (χ3n) is 3.21. The fourth-order valence-corrected chi connectivity index (χ4v) is 4.57. The second-order valence-electron chi connectivity index (χ2n) is 4.53. The smallest absolute Gasteiger partial charge is 0.184 e. The number of anilines is 1. The maximum atomic E-state index is 12.3. The van der Waals surface area contributed by atoms with E-state index in [9.17, 15) is 8.42 Å². The van der Waals surface area contributed by atoms with Crippen molar-refractivity contribution in [1.82, 2.24) is 0 Å². The van der Waals surface area contributed by atoms with Crippen LogP contribution in [0, 0.1) is 0 Å². The van der Waals surface area contributed by atoms with Crippen molar-refractivity contribution in [3.63, 3.8) is 0 Å². The standard InChI is InChI=1S/C12H17BrN2O2S/c1-9-8-15(7-3-6-14)12-10(13)4-2-5-11(12)18(9,16)17/h2,4-5,9H,3,6-8,14H2,1H3.